The molecule has 0 unspecified atom stereocenters. The van der Waals surface area contributed by atoms with Crippen LogP contribution < -0.4 is 10.3 Å². The number of nitrogens with one attached hydrogen (secondary N) is 1. The Labute approximate surface area is 155 Å². The molecule has 26 heavy (non-hydrogen) atoms. The third-order valence-corrected chi connectivity index (χ3v) is 4.35. The lowest BCUT2D eigenvalue weighted by Crippen LogP contribution is -2.21. The number of hydrazone groups is 1. The van der Waals surface area contributed by atoms with E-state index in [1.165, 1.54) is 11.8 Å². The number of benzene rings is 2. The van der Waals surface area contributed by atoms with Crippen LogP contribution in [0.1, 0.15) is 55.1 Å². The molecule has 0 atom stereocenters. The smallest absolute Gasteiger partial charge is 0.271 e. The van der Waals surface area contributed by atoms with Crippen molar-refractivity contribution in [2.75, 3.05) is 18.0 Å². The predicted octanol–water partition coefficient (Wildman–Crippen LogP) is 4.13. The quantitative estimate of drug-likeness (QED) is 0.581. The summed E-state index contributed by atoms with van der Waals surface area (Å²) in [5, 5.41) is 14.1. The summed E-state index contributed by atoms with van der Waals surface area (Å²) in [7, 11) is 0. The number of aromatic hydroxyl groups is 1. The minimum atomic E-state index is -0.282. The van der Waals surface area contributed by atoms with Gasteiger partial charge in [-0.3, -0.25) is 4.79 Å². The van der Waals surface area contributed by atoms with Crippen LogP contribution in [0.25, 0.3) is 0 Å². The van der Waals surface area contributed by atoms with Gasteiger partial charge in [-0.1, -0.05) is 26.0 Å². The van der Waals surface area contributed by atoms with Crippen molar-refractivity contribution in [1.29, 1.82) is 0 Å². The van der Waals surface area contributed by atoms with Gasteiger partial charge in [0.2, 0.25) is 0 Å². The second-order valence-corrected chi connectivity index (χ2v) is 6.39. The van der Waals surface area contributed by atoms with Crippen LogP contribution in [-0.4, -0.2) is 30.3 Å². The molecule has 0 aliphatic heterocycles. The third kappa shape index (κ3) is 4.85. The van der Waals surface area contributed by atoms with Crippen molar-refractivity contribution in [2.45, 2.75) is 33.6 Å². The van der Waals surface area contributed by atoms with E-state index in [1.54, 1.807) is 24.3 Å². The number of phenolic OH excluding ortho intramolecular Hbond substituents is 1. The van der Waals surface area contributed by atoms with Gasteiger partial charge in [0.25, 0.3) is 5.91 Å². The zero-order chi connectivity index (χ0) is 19.1. The van der Waals surface area contributed by atoms with E-state index in [-0.39, 0.29) is 11.7 Å². The first-order valence-electron chi connectivity index (χ1n) is 8.97. The molecule has 0 bridgehead atoms. The minimum absolute atomic E-state index is 0.133. The van der Waals surface area contributed by atoms with Gasteiger partial charge in [-0.15, -0.1) is 0 Å². The number of rotatable bonds is 7. The lowest BCUT2D eigenvalue weighted by Gasteiger charge is -2.21. The normalized spacial score (nSPS) is 11.1. The van der Waals surface area contributed by atoms with E-state index in [4.69, 9.17) is 0 Å². The van der Waals surface area contributed by atoms with E-state index in [9.17, 15) is 9.90 Å². The molecule has 2 aromatic rings. The molecule has 0 saturated heterocycles. The zero-order valence-electron chi connectivity index (χ0n) is 15.9. The van der Waals surface area contributed by atoms with E-state index in [0.29, 0.717) is 17.0 Å². The largest absolute Gasteiger partial charge is 0.507 e. The molecular formula is C21H27N3O2. The molecule has 0 spiro atoms. The van der Waals surface area contributed by atoms with E-state index in [0.717, 1.165) is 18.8 Å². The van der Waals surface area contributed by atoms with Gasteiger partial charge >= 0.3 is 0 Å². The minimum Gasteiger partial charge on any atom is -0.507 e. The Morgan fingerprint density at radius 1 is 1.15 bits per heavy atom. The summed E-state index contributed by atoms with van der Waals surface area (Å²) in [5.41, 5.74) is 5.73. The molecule has 2 N–H and O–H groups in total. The lowest BCUT2D eigenvalue weighted by molar-refractivity contribution is 0.0955. The number of nitrogens with zero attached hydrogens (tertiary/aromatic N) is 2. The molecule has 138 valence electrons. The Balaban J connectivity index is 2.02. The van der Waals surface area contributed by atoms with Crippen molar-refractivity contribution in [2.24, 2.45) is 5.10 Å². The van der Waals surface area contributed by atoms with Crippen LogP contribution >= 0.6 is 0 Å². The number of carbonyl (C=O) groups excluding carboxylic acids is 1. The molecule has 0 radical (unpaired) electrons. The first-order valence-corrected chi connectivity index (χ1v) is 8.97. The molecule has 0 aromatic heterocycles. The second kappa shape index (κ2) is 9.04. The monoisotopic (exact) mass is 353 g/mol. The fourth-order valence-electron chi connectivity index (χ4n) is 2.67. The van der Waals surface area contributed by atoms with E-state index >= 15 is 0 Å². The molecular weight excluding hydrogens is 326 g/mol. The maximum absolute atomic E-state index is 12.1. The molecule has 0 aliphatic carbocycles. The maximum Gasteiger partial charge on any atom is 0.271 e. The average molecular weight is 353 g/mol. The van der Waals surface area contributed by atoms with Crippen LogP contribution in [0, 0.1) is 0 Å². The summed E-state index contributed by atoms with van der Waals surface area (Å²) in [4.78, 5) is 14.3. The number of hydrogen-bond donors (Lipinski definition) is 2. The zero-order valence-corrected chi connectivity index (χ0v) is 15.9. The van der Waals surface area contributed by atoms with Crippen molar-refractivity contribution in [3.8, 4) is 5.75 Å². The van der Waals surface area contributed by atoms with Crippen LogP contribution in [0.5, 0.6) is 5.75 Å². The summed E-state index contributed by atoms with van der Waals surface area (Å²) in [6.07, 6.45) is 1.45. The average Bonchev–Trinajstić information content (AvgIpc) is 2.64. The molecule has 0 heterocycles. The topological polar surface area (TPSA) is 64.9 Å². The van der Waals surface area contributed by atoms with Crippen molar-refractivity contribution in [3.05, 3.63) is 59.2 Å². The summed E-state index contributed by atoms with van der Waals surface area (Å²) >= 11 is 0. The summed E-state index contributed by atoms with van der Waals surface area (Å²) in [6, 6.07) is 12.9. The molecule has 0 saturated carbocycles. The van der Waals surface area contributed by atoms with Gasteiger partial charge in [-0.2, -0.15) is 5.10 Å². The van der Waals surface area contributed by atoms with Gasteiger partial charge in [0.1, 0.15) is 5.75 Å². The maximum atomic E-state index is 12.1. The predicted molar refractivity (Wildman–Crippen MR) is 107 cm³/mol. The van der Waals surface area contributed by atoms with Crippen LogP contribution in [0.15, 0.2) is 47.6 Å². The van der Waals surface area contributed by atoms with Crippen molar-refractivity contribution in [3.63, 3.8) is 0 Å². The highest BCUT2D eigenvalue weighted by Crippen LogP contribution is 2.23. The molecule has 5 nitrogen and oxygen atoms in total. The van der Waals surface area contributed by atoms with Gasteiger partial charge in [0, 0.05) is 36.0 Å². The Bertz CT molecular complexity index is 763. The first-order chi connectivity index (χ1) is 12.5. The second-order valence-electron chi connectivity index (χ2n) is 6.39. The van der Waals surface area contributed by atoms with Crippen molar-refractivity contribution in [1.82, 2.24) is 5.43 Å². The number of carbonyl (C=O) groups is 1. The molecule has 1 amide bonds. The Morgan fingerprint density at radius 2 is 1.81 bits per heavy atom. The summed E-state index contributed by atoms with van der Waals surface area (Å²) in [5.74, 6) is 0.275. The van der Waals surface area contributed by atoms with E-state index in [1.807, 2.05) is 18.2 Å². The van der Waals surface area contributed by atoms with E-state index in [2.05, 4.69) is 43.1 Å². The van der Waals surface area contributed by atoms with Gasteiger partial charge in [0.05, 0.1) is 6.21 Å². The van der Waals surface area contributed by atoms with Gasteiger partial charge in [-0.25, -0.2) is 5.43 Å². The molecule has 0 fully saturated rings. The highest BCUT2D eigenvalue weighted by atomic mass is 16.3. The number of anilines is 1. The fraction of sp³-hybridized carbons (Fsp3) is 0.333. The number of phenols is 1. The van der Waals surface area contributed by atoms with Crippen LogP contribution in [0.4, 0.5) is 5.69 Å². The van der Waals surface area contributed by atoms with Crippen LogP contribution in [0.3, 0.4) is 0 Å². The van der Waals surface area contributed by atoms with Gasteiger partial charge < -0.3 is 10.0 Å². The third-order valence-electron chi connectivity index (χ3n) is 4.35. The summed E-state index contributed by atoms with van der Waals surface area (Å²) < 4.78 is 0. The summed E-state index contributed by atoms with van der Waals surface area (Å²) in [6.45, 7) is 10.1. The molecule has 2 rings (SSSR count). The lowest BCUT2D eigenvalue weighted by atomic mass is 10.0. The fourth-order valence-corrected chi connectivity index (χ4v) is 2.67. The van der Waals surface area contributed by atoms with Crippen molar-refractivity contribution >= 4 is 17.8 Å². The van der Waals surface area contributed by atoms with Gasteiger partial charge in [0.15, 0.2) is 0 Å². The molecule has 0 aliphatic rings. The van der Waals surface area contributed by atoms with E-state index < -0.39 is 0 Å². The highest BCUT2D eigenvalue weighted by molar-refractivity contribution is 5.95. The Kier molecular flexibility index (Phi) is 6.78. The standard InChI is InChI=1S/C21H27N3O2/c1-5-24(6-2)19-12-11-18(20(25)13-19)14-22-23-21(26)17-9-7-16(8-10-17)15(3)4/h7-15,25H,5-6H2,1-4H3,(H,23,26). The van der Waals surface area contributed by atoms with Crippen molar-refractivity contribution < 1.29 is 9.90 Å². The highest BCUT2D eigenvalue weighted by Gasteiger charge is 2.07. The number of hydrogen-bond acceptors (Lipinski definition) is 4. The van der Waals surface area contributed by atoms with Crippen LogP contribution in [-0.2, 0) is 0 Å². The SMILES string of the molecule is CCN(CC)c1ccc(C=NNC(=O)c2ccc(C(C)C)cc2)c(O)c1. The molecule has 5 heteroatoms. The van der Waals surface area contributed by atoms with Gasteiger partial charge in [-0.05, 0) is 49.6 Å². The molecule has 2 aromatic carbocycles. The van der Waals surface area contributed by atoms with Crippen LogP contribution in [0.2, 0.25) is 0 Å². The Morgan fingerprint density at radius 3 is 2.35 bits per heavy atom. The number of amides is 1. The first kappa shape index (κ1) is 19.5. The Hall–Kier alpha value is -2.82.